The molecule has 1 aliphatic heterocycles. The molecule has 9 heteroatoms. The van der Waals surface area contributed by atoms with E-state index in [-0.39, 0.29) is 30.3 Å². The minimum Gasteiger partial charge on any atom is -0.376 e. The van der Waals surface area contributed by atoms with E-state index in [1.807, 2.05) is 0 Å². The normalized spacial score (nSPS) is 16.4. The molecular weight excluding hydrogens is 431 g/mol. The van der Waals surface area contributed by atoms with Crippen LogP contribution in [0, 0.1) is 5.82 Å². The lowest BCUT2D eigenvalue weighted by Crippen LogP contribution is -2.34. The molecular formula is C19H18BrFN4O3. The third-order valence-electron chi connectivity index (χ3n) is 4.52. The lowest BCUT2D eigenvalue weighted by molar-refractivity contribution is -0.122. The van der Waals surface area contributed by atoms with Gasteiger partial charge in [0.2, 0.25) is 11.7 Å². The first kappa shape index (κ1) is 18.8. The van der Waals surface area contributed by atoms with E-state index in [4.69, 9.17) is 9.26 Å². The van der Waals surface area contributed by atoms with Gasteiger partial charge in [-0.1, -0.05) is 5.16 Å². The van der Waals surface area contributed by atoms with Gasteiger partial charge in [0, 0.05) is 24.9 Å². The summed E-state index contributed by atoms with van der Waals surface area (Å²) in [7, 11) is 0. The first-order valence-electron chi connectivity index (χ1n) is 8.93. The van der Waals surface area contributed by atoms with Crippen LogP contribution in [-0.2, 0) is 16.1 Å². The minimum absolute atomic E-state index is 0.0987. The number of rotatable bonds is 6. The predicted molar refractivity (Wildman–Crippen MR) is 103 cm³/mol. The van der Waals surface area contributed by atoms with Crippen molar-refractivity contribution in [3.05, 3.63) is 46.8 Å². The van der Waals surface area contributed by atoms with E-state index in [0.29, 0.717) is 28.1 Å². The molecule has 0 radical (unpaired) electrons. The zero-order chi connectivity index (χ0) is 19.5. The van der Waals surface area contributed by atoms with Gasteiger partial charge in [-0.05, 0) is 59.1 Å². The molecule has 3 heterocycles. The van der Waals surface area contributed by atoms with Crippen molar-refractivity contribution in [2.45, 2.75) is 25.5 Å². The fourth-order valence-corrected chi connectivity index (χ4v) is 3.45. The van der Waals surface area contributed by atoms with Gasteiger partial charge < -0.3 is 19.1 Å². The van der Waals surface area contributed by atoms with Crippen LogP contribution in [0.1, 0.15) is 12.8 Å². The van der Waals surface area contributed by atoms with Crippen molar-refractivity contribution in [1.29, 1.82) is 0 Å². The molecule has 0 saturated carbocycles. The van der Waals surface area contributed by atoms with E-state index in [9.17, 15) is 9.18 Å². The Morgan fingerprint density at radius 2 is 2.29 bits per heavy atom. The van der Waals surface area contributed by atoms with E-state index in [0.717, 1.165) is 19.4 Å². The number of amides is 1. The standard InChI is InChI=1S/C19H18BrFN4O3/c20-14-9-12(5-6-15(14)21)18-23-19(28-24-18)16-4-1-7-25(16)11-17(26)22-10-13-3-2-8-27-13/h1,4-7,9,13H,2-3,8,10-11H2,(H,22,26)/t13-/m0/s1. The predicted octanol–water partition coefficient (Wildman–Crippen LogP) is 3.40. The molecule has 146 valence electrons. The first-order chi connectivity index (χ1) is 13.6. The molecule has 1 saturated heterocycles. The minimum atomic E-state index is -0.365. The second-order valence-corrected chi connectivity index (χ2v) is 7.37. The number of carbonyl (C=O) groups is 1. The number of hydrogen-bond acceptors (Lipinski definition) is 5. The number of carbonyl (C=O) groups excluding carboxylic acids is 1. The highest BCUT2D eigenvalue weighted by Gasteiger charge is 2.18. The summed E-state index contributed by atoms with van der Waals surface area (Å²) in [6.45, 7) is 1.40. The molecule has 3 aromatic rings. The van der Waals surface area contributed by atoms with Gasteiger partial charge in [-0.15, -0.1) is 0 Å². The highest BCUT2D eigenvalue weighted by atomic mass is 79.9. The molecule has 0 aliphatic carbocycles. The summed E-state index contributed by atoms with van der Waals surface area (Å²) < 4.78 is 26.3. The van der Waals surface area contributed by atoms with Crippen LogP contribution in [0.3, 0.4) is 0 Å². The number of aromatic nitrogens is 3. The average Bonchev–Trinajstić information content (AvgIpc) is 3.43. The van der Waals surface area contributed by atoms with Crippen LogP contribution in [0.4, 0.5) is 4.39 Å². The van der Waals surface area contributed by atoms with Crippen molar-refractivity contribution in [3.8, 4) is 23.0 Å². The summed E-state index contributed by atoms with van der Waals surface area (Å²) >= 11 is 3.15. The van der Waals surface area contributed by atoms with Gasteiger partial charge in [0.1, 0.15) is 18.1 Å². The van der Waals surface area contributed by atoms with Gasteiger partial charge in [-0.2, -0.15) is 4.98 Å². The molecule has 1 aromatic carbocycles. The molecule has 7 nitrogen and oxygen atoms in total. The zero-order valence-corrected chi connectivity index (χ0v) is 16.5. The zero-order valence-electron chi connectivity index (χ0n) is 14.9. The Bertz CT molecular complexity index is 981. The van der Waals surface area contributed by atoms with E-state index in [1.54, 1.807) is 35.0 Å². The van der Waals surface area contributed by atoms with Gasteiger partial charge >= 0.3 is 0 Å². The summed E-state index contributed by atoms with van der Waals surface area (Å²) in [6, 6.07) is 8.09. The topological polar surface area (TPSA) is 82.2 Å². The maximum atomic E-state index is 13.4. The Kier molecular flexibility index (Phi) is 5.54. The third-order valence-corrected chi connectivity index (χ3v) is 5.13. The van der Waals surface area contributed by atoms with Gasteiger partial charge in [-0.3, -0.25) is 4.79 Å². The number of hydrogen-bond donors (Lipinski definition) is 1. The smallest absolute Gasteiger partial charge is 0.274 e. The highest BCUT2D eigenvalue weighted by Crippen LogP contribution is 2.26. The summed E-state index contributed by atoms with van der Waals surface area (Å²) in [5.74, 6) is 0.143. The molecule has 1 amide bonds. The van der Waals surface area contributed by atoms with Crippen molar-refractivity contribution in [3.63, 3.8) is 0 Å². The lowest BCUT2D eigenvalue weighted by atomic mass is 10.2. The number of ether oxygens (including phenoxy) is 1. The molecule has 1 atom stereocenters. The molecule has 28 heavy (non-hydrogen) atoms. The van der Waals surface area contributed by atoms with E-state index in [2.05, 4.69) is 31.4 Å². The summed E-state index contributed by atoms with van der Waals surface area (Å²) in [5, 5.41) is 6.85. The van der Waals surface area contributed by atoms with Crippen molar-refractivity contribution in [2.75, 3.05) is 13.2 Å². The van der Waals surface area contributed by atoms with Crippen LogP contribution in [0.15, 0.2) is 45.5 Å². The van der Waals surface area contributed by atoms with Crippen LogP contribution in [0.25, 0.3) is 23.0 Å². The number of benzene rings is 1. The van der Waals surface area contributed by atoms with Gasteiger partial charge in [0.05, 0.1) is 10.6 Å². The van der Waals surface area contributed by atoms with E-state index < -0.39 is 0 Å². The van der Waals surface area contributed by atoms with Gasteiger partial charge in [-0.25, -0.2) is 4.39 Å². The molecule has 1 aliphatic rings. The Morgan fingerprint density at radius 1 is 1.39 bits per heavy atom. The number of halogens is 2. The quantitative estimate of drug-likeness (QED) is 0.624. The summed E-state index contributed by atoms with van der Waals surface area (Å²) in [5.41, 5.74) is 1.25. The number of nitrogens with zero attached hydrogens (tertiary/aromatic N) is 3. The molecule has 0 unspecified atom stereocenters. The Morgan fingerprint density at radius 3 is 3.07 bits per heavy atom. The molecule has 0 bridgehead atoms. The average molecular weight is 449 g/mol. The van der Waals surface area contributed by atoms with Crippen molar-refractivity contribution in [1.82, 2.24) is 20.0 Å². The van der Waals surface area contributed by atoms with Crippen LogP contribution < -0.4 is 5.32 Å². The van der Waals surface area contributed by atoms with Crippen LogP contribution in [0.5, 0.6) is 0 Å². The maximum absolute atomic E-state index is 13.4. The van der Waals surface area contributed by atoms with E-state index in [1.165, 1.54) is 6.07 Å². The third kappa shape index (κ3) is 4.15. The summed E-state index contributed by atoms with van der Waals surface area (Å²) in [6.07, 6.45) is 3.88. The molecule has 1 N–H and O–H groups in total. The maximum Gasteiger partial charge on any atom is 0.274 e. The van der Waals surface area contributed by atoms with Crippen molar-refractivity contribution in [2.24, 2.45) is 0 Å². The van der Waals surface area contributed by atoms with Crippen LogP contribution >= 0.6 is 15.9 Å². The molecule has 4 rings (SSSR count). The highest BCUT2D eigenvalue weighted by molar-refractivity contribution is 9.10. The Balaban J connectivity index is 1.45. The summed E-state index contributed by atoms with van der Waals surface area (Å²) in [4.78, 5) is 16.6. The van der Waals surface area contributed by atoms with E-state index >= 15 is 0 Å². The Labute approximate surface area is 169 Å². The monoisotopic (exact) mass is 448 g/mol. The van der Waals surface area contributed by atoms with Crippen molar-refractivity contribution < 1.29 is 18.4 Å². The fourth-order valence-electron chi connectivity index (χ4n) is 3.07. The Hall–Kier alpha value is -2.52. The van der Waals surface area contributed by atoms with Crippen molar-refractivity contribution >= 4 is 21.8 Å². The molecule has 1 fully saturated rings. The fraction of sp³-hybridized carbons (Fsp3) is 0.316. The van der Waals surface area contributed by atoms with Crippen LogP contribution in [-0.4, -0.2) is 39.9 Å². The second kappa shape index (κ2) is 8.24. The van der Waals surface area contributed by atoms with Crippen LogP contribution in [0.2, 0.25) is 0 Å². The number of nitrogens with one attached hydrogen (secondary N) is 1. The van der Waals surface area contributed by atoms with Gasteiger partial charge in [0.15, 0.2) is 0 Å². The SMILES string of the molecule is O=C(Cn1cccc1-c1nc(-c2ccc(F)c(Br)c2)no1)NC[C@@H]1CCCO1. The first-order valence-corrected chi connectivity index (χ1v) is 9.72. The largest absolute Gasteiger partial charge is 0.376 e. The second-order valence-electron chi connectivity index (χ2n) is 6.51. The lowest BCUT2D eigenvalue weighted by Gasteiger charge is -2.11. The molecule has 0 spiro atoms. The van der Waals surface area contributed by atoms with Gasteiger partial charge in [0.25, 0.3) is 5.89 Å². The molecule has 2 aromatic heterocycles.